The molecule has 100 valence electrons. The number of benzene rings is 1. The molecule has 0 radical (unpaired) electrons. The summed E-state index contributed by atoms with van der Waals surface area (Å²) >= 11 is 5.99. The van der Waals surface area contributed by atoms with Crippen molar-refractivity contribution in [3.05, 3.63) is 47.5 Å². The van der Waals surface area contributed by atoms with Crippen molar-refractivity contribution in [1.82, 2.24) is 14.5 Å². The lowest BCUT2D eigenvalue weighted by Gasteiger charge is -2.04. The lowest BCUT2D eigenvalue weighted by molar-refractivity contribution is 0.0697. The molecule has 0 amide bonds. The Morgan fingerprint density at radius 1 is 1.25 bits per heavy atom. The highest BCUT2D eigenvalue weighted by molar-refractivity contribution is 6.34. The van der Waals surface area contributed by atoms with Gasteiger partial charge < -0.3 is 9.67 Å². The van der Waals surface area contributed by atoms with E-state index in [2.05, 4.69) is 9.97 Å². The highest BCUT2D eigenvalue weighted by Crippen LogP contribution is 2.30. The number of aromatic carboxylic acids is 1. The molecule has 3 aromatic rings. The summed E-state index contributed by atoms with van der Waals surface area (Å²) in [6, 6.07) is 5.17. The summed E-state index contributed by atoms with van der Waals surface area (Å²) < 4.78 is 1.90. The van der Waals surface area contributed by atoms with Gasteiger partial charge in [0.1, 0.15) is 6.33 Å². The first-order chi connectivity index (χ1) is 9.58. The van der Waals surface area contributed by atoms with E-state index in [1.54, 1.807) is 24.5 Å². The fraction of sp³-hybridized carbons (Fsp3) is 0.0714. The van der Waals surface area contributed by atoms with Gasteiger partial charge in [-0.25, -0.2) is 14.8 Å². The van der Waals surface area contributed by atoms with Crippen LogP contribution in [-0.4, -0.2) is 25.6 Å². The molecule has 0 saturated heterocycles. The van der Waals surface area contributed by atoms with Gasteiger partial charge in [0.05, 0.1) is 16.3 Å². The second-order valence-electron chi connectivity index (χ2n) is 4.41. The SMILES string of the molecule is Cn1c(-c2cncnc2)cc2cc(Cl)c(C(=O)O)cc21. The van der Waals surface area contributed by atoms with E-state index < -0.39 is 5.97 Å². The van der Waals surface area contributed by atoms with Crippen LogP contribution in [0.1, 0.15) is 10.4 Å². The summed E-state index contributed by atoms with van der Waals surface area (Å²) in [5.74, 6) is -1.04. The summed E-state index contributed by atoms with van der Waals surface area (Å²) in [6.45, 7) is 0. The predicted molar refractivity (Wildman–Crippen MR) is 75.9 cm³/mol. The van der Waals surface area contributed by atoms with Gasteiger partial charge in [-0.05, 0) is 18.2 Å². The van der Waals surface area contributed by atoms with Crippen LogP contribution in [0, 0.1) is 0 Å². The maximum absolute atomic E-state index is 11.1. The van der Waals surface area contributed by atoms with Crippen molar-refractivity contribution < 1.29 is 9.90 Å². The van der Waals surface area contributed by atoms with Crippen LogP contribution in [0.25, 0.3) is 22.2 Å². The Bertz CT molecular complexity index is 812. The van der Waals surface area contributed by atoms with Crippen LogP contribution >= 0.6 is 11.6 Å². The molecule has 0 fully saturated rings. The molecule has 20 heavy (non-hydrogen) atoms. The van der Waals surface area contributed by atoms with Crippen molar-refractivity contribution in [1.29, 1.82) is 0 Å². The van der Waals surface area contributed by atoms with Gasteiger partial charge in [0.25, 0.3) is 0 Å². The van der Waals surface area contributed by atoms with E-state index in [0.717, 1.165) is 22.2 Å². The van der Waals surface area contributed by atoms with Crippen molar-refractivity contribution in [2.24, 2.45) is 7.05 Å². The third kappa shape index (κ3) is 1.92. The van der Waals surface area contributed by atoms with E-state index in [0.29, 0.717) is 0 Å². The second-order valence-corrected chi connectivity index (χ2v) is 4.82. The van der Waals surface area contributed by atoms with Crippen molar-refractivity contribution >= 4 is 28.5 Å². The Kier molecular flexibility index (Phi) is 2.91. The van der Waals surface area contributed by atoms with Crippen molar-refractivity contribution in [2.75, 3.05) is 0 Å². The number of carboxylic acids is 1. The largest absolute Gasteiger partial charge is 0.478 e. The fourth-order valence-corrected chi connectivity index (χ4v) is 2.48. The average molecular weight is 288 g/mol. The van der Waals surface area contributed by atoms with E-state index in [1.807, 2.05) is 17.7 Å². The average Bonchev–Trinajstić information content (AvgIpc) is 2.75. The van der Waals surface area contributed by atoms with Crippen molar-refractivity contribution in [2.45, 2.75) is 0 Å². The summed E-state index contributed by atoms with van der Waals surface area (Å²) in [5.41, 5.74) is 2.65. The van der Waals surface area contributed by atoms with Crippen LogP contribution < -0.4 is 0 Å². The first-order valence-electron chi connectivity index (χ1n) is 5.85. The minimum absolute atomic E-state index is 0.0937. The van der Waals surface area contributed by atoms with Crippen LogP contribution in [0.2, 0.25) is 5.02 Å². The number of hydrogen-bond donors (Lipinski definition) is 1. The topological polar surface area (TPSA) is 68.0 Å². The molecule has 3 rings (SSSR count). The van der Waals surface area contributed by atoms with Crippen LogP contribution in [0.15, 0.2) is 36.9 Å². The van der Waals surface area contributed by atoms with E-state index in [9.17, 15) is 4.79 Å². The number of halogens is 1. The first kappa shape index (κ1) is 12.6. The molecule has 6 heteroatoms. The third-order valence-electron chi connectivity index (χ3n) is 3.22. The van der Waals surface area contributed by atoms with Crippen LogP contribution in [0.5, 0.6) is 0 Å². The number of hydrogen-bond acceptors (Lipinski definition) is 3. The number of aromatic nitrogens is 3. The molecule has 0 aliphatic heterocycles. The Morgan fingerprint density at radius 3 is 2.60 bits per heavy atom. The van der Waals surface area contributed by atoms with Crippen LogP contribution in [0.3, 0.4) is 0 Å². The number of nitrogens with zero attached hydrogens (tertiary/aromatic N) is 3. The summed E-state index contributed by atoms with van der Waals surface area (Å²) in [7, 11) is 1.87. The van der Waals surface area contributed by atoms with E-state index in [1.165, 1.54) is 6.33 Å². The van der Waals surface area contributed by atoms with E-state index >= 15 is 0 Å². The Morgan fingerprint density at radius 2 is 1.95 bits per heavy atom. The maximum atomic E-state index is 11.1. The molecular formula is C14H10ClN3O2. The molecule has 1 aromatic carbocycles. The Hall–Kier alpha value is -2.40. The summed E-state index contributed by atoms with van der Waals surface area (Å²) in [5, 5.41) is 10.2. The zero-order chi connectivity index (χ0) is 14.3. The van der Waals surface area contributed by atoms with Gasteiger partial charge >= 0.3 is 5.97 Å². The van der Waals surface area contributed by atoms with Crippen molar-refractivity contribution in [3.63, 3.8) is 0 Å². The lowest BCUT2D eigenvalue weighted by Crippen LogP contribution is -1.98. The standard InChI is InChI=1S/C14H10ClN3O2/c1-18-12(9-5-16-7-17-6-9)3-8-2-11(15)10(14(19)20)4-13(8)18/h2-7H,1H3,(H,19,20). The molecule has 1 N–H and O–H groups in total. The molecule has 0 saturated carbocycles. The first-order valence-corrected chi connectivity index (χ1v) is 6.23. The predicted octanol–water partition coefficient (Wildman–Crippen LogP) is 2.99. The molecule has 0 bridgehead atoms. The normalized spacial score (nSPS) is 10.9. The van der Waals surface area contributed by atoms with E-state index in [4.69, 9.17) is 16.7 Å². The number of carboxylic acid groups (broad SMARTS) is 1. The molecule has 0 spiro atoms. The molecule has 0 aliphatic rings. The Balaban J connectivity index is 2.28. The smallest absolute Gasteiger partial charge is 0.337 e. The van der Waals surface area contributed by atoms with Gasteiger partial charge in [-0.2, -0.15) is 0 Å². The zero-order valence-electron chi connectivity index (χ0n) is 10.5. The van der Waals surface area contributed by atoms with Crippen LogP contribution in [0.4, 0.5) is 0 Å². The highest BCUT2D eigenvalue weighted by Gasteiger charge is 2.14. The monoisotopic (exact) mass is 287 g/mol. The molecule has 2 heterocycles. The molecule has 2 aromatic heterocycles. The second kappa shape index (κ2) is 4.61. The third-order valence-corrected chi connectivity index (χ3v) is 3.53. The molecule has 0 unspecified atom stereocenters. The number of fused-ring (bicyclic) bond motifs is 1. The summed E-state index contributed by atoms with van der Waals surface area (Å²) in [4.78, 5) is 19.1. The molecule has 0 aliphatic carbocycles. The minimum atomic E-state index is -1.04. The number of rotatable bonds is 2. The van der Waals surface area contributed by atoms with Gasteiger partial charge in [-0.1, -0.05) is 11.6 Å². The Labute approximate surface area is 119 Å². The minimum Gasteiger partial charge on any atom is -0.478 e. The van der Waals surface area contributed by atoms with Gasteiger partial charge in [0, 0.05) is 35.9 Å². The van der Waals surface area contributed by atoms with Gasteiger partial charge in [0.2, 0.25) is 0 Å². The fourth-order valence-electron chi connectivity index (χ4n) is 2.23. The molecular weight excluding hydrogens is 278 g/mol. The van der Waals surface area contributed by atoms with Crippen molar-refractivity contribution in [3.8, 4) is 11.3 Å². The van der Waals surface area contributed by atoms with Gasteiger partial charge in [0.15, 0.2) is 0 Å². The molecule has 5 nitrogen and oxygen atoms in total. The van der Waals surface area contributed by atoms with Crippen LogP contribution in [-0.2, 0) is 7.05 Å². The highest BCUT2D eigenvalue weighted by atomic mass is 35.5. The maximum Gasteiger partial charge on any atom is 0.337 e. The zero-order valence-corrected chi connectivity index (χ0v) is 11.3. The summed E-state index contributed by atoms with van der Waals surface area (Å²) in [6.07, 6.45) is 4.88. The van der Waals surface area contributed by atoms with Gasteiger partial charge in [-0.15, -0.1) is 0 Å². The number of carbonyl (C=O) groups is 1. The quantitative estimate of drug-likeness (QED) is 0.787. The molecule has 0 atom stereocenters. The van der Waals surface area contributed by atoms with Gasteiger partial charge in [-0.3, -0.25) is 0 Å². The van der Waals surface area contributed by atoms with E-state index in [-0.39, 0.29) is 10.6 Å². The lowest BCUT2D eigenvalue weighted by atomic mass is 10.1. The number of aryl methyl sites for hydroxylation is 1.